The van der Waals surface area contributed by atoms with Crippen molar-refractivity contribution < 1.29 is 14.6 Å². The van der Waals surface area contributed by atoms with Crippen molar-refractivity contribution in [3.63, 3.8) is 0 Å². The zero-order valence-corrected chi connectivity index (χ0v) is 21.6. The van der Waals surface area contributed by atoms with Gasteiger partial charge in [0, 0.05) is 28.1 Å². The molecule has 0 bridgehead atoms. The van der Waals surface area contributed by atoms with Gasteiger partial charge in [-0.3, -0.25) is 9.78 Å². The number of carbonyl (C=O) groups is 1. The third kappa shape index (κ3) is 3.61. The Labute approximate surface area is 224 Å². The monoisotopic (exact) mass is 517 g/mol. The number of nitrogens with zero attached hydrogens (tertiary/aromatic N) is 3. The lowest BCUT2D eigenvalue weighted by molar-refractivity contribution is -0.172. The highest BCUT2D eigenvalue weighted by molar-refractivity contribution is 5.87. The molecule has 0 saturated heterocycles. The maximum atomic E-state index is 13.0. The van der Waals surface area contributed by atoms with Crippen LogP contribution in [-0.2, 0) is 41.1 Å². The van der Waals surface area contributed by atoms with Crippen LogP contribution in [0.3, 0.4) is 0 Å². The molecule has 2 aromatic carbocycles. The number of aromatic nitrogens is 3. The van der Waals surface area contributed by atoms with Crippen LogP contribution >= 0.6 is 0 Å². The van der Waals surface area contributed by atoms with Gasteiger partial charge in [-0.15, -0.1) is 0 Å². The first-order chi connectivity index (χ1) is 19.0. The summed E-state index contributed by atoms with van der Waals surface area (Å²) in [5, 5.41) is 13.3. The Morgan fingerprint density at radius 3 is 2.62 bits per heavy atom. The first-order valence-electron chi connectivity index (χ1n) is 13.4. The number of benzene rings is 2. The summed E-state index contributed by atoms with van der Waals surface area (Å²) in [6.07, 6.45) is 5.79. The van der Waals surface area contributed by atoms with Gasteiger partial charge >= 0.3 is 5.97 Å². The number of para-hydroxylation sites is 1. The van der Waals surface area contributed by atoms with Crippen LogP contribution in [0.25, 0.3) is 33.2 Å². The van der Waals surface area contributed by atoms with E-state index in [-0.39, 0.29) is 18.6 Å². The molecular formula is C32H27N3O4. The van der Waals surface area contributed by atoms with E-state index in [9.17, 15) is 14.7 Å². The molecule has 2 aliphatic heterocycles. The molecule has 1 aliphatic carbocycles. The number of aryl methyl sites for hydroxylation is 2. The quantitative estimate of drug-likeness (QED) is 0.315. The molecule has 1 atom stereocenters. The number of carbonyl (C=O) groups excluding carboxylic acids is 1. The first kappa shape index (κ1) is 23.7. The smallest absolute Gasteiger partial charge is 0.343 e. The summed E-state index contributed by atoms with van der Waals surface area (Å²) in [4.78, 5) is 34.3. The minimum absolute atomic E-state index is 0.110. The van der Waals surface area contributed by atoms with Gasteiger partial charge in [0.2, 0.25) is 0 Å². The number of fused-ring (bicyclic) bond motifs is 5. The van der Waals surface area contributed by atoms with Crippen LogP contribution in [0.1, 0.15) is 47.6 Å². The molecule has 1 N–H and O–H groups in total. The molecule has 39 heavy (non-hydrogen) atoms. The van der Waals surface area contributed by atoms with Gasteiger partial charge in [0.15, 0.2) is 5.60 Å². The van der Waals surface area contributed by atoms with Gasteiger partial charge in [0.1, 0.15) is 6.61 Å². The molecule has 0 amide bonds. The third-order valence-corrected chi connectivity index (χ3v) is 8.25. The first-order valence-corrected chi connectivity index (χ1v) is 13.4. The fraction of sp³-hybridized carbons (Fsp3) is 0.250. The zero-order valence-electron chi connectivity index (χ0n) is 21.6. The Bertz CT molecular complexity index is 1840. The van der Waals surface area contributed by atoms with E-state index < -0.39 is 11.6 Å². The molecule has 5 heterocycles. The van der Waals surface area contributed by atoms with Crippen LogP contribution in [0.4, 0.5) is 0 Å². The maximum Gasteiger partial charge on any atom is 0.343 e. The highest BCUT2D eigenvalue weighted by Gasteiger charge is 2.45. The van der Waals surface area contributed by atoms with Gasteiger partial charge in [-0.1, -0.05) is 37.3 Å². The normalized spacial score (nSPS) is 18.6. The van der Waals surface area contributed by atoms with Crippen molar-refractivity contribution in [1.82, 2.24) is 14.5 Å². The standard InChI is InChI=1S/C20H16N2O4.C12H11N/c1-2-20(25)14-8-16-17-12(7-11-5-3-4-6-15(11)21-17)9-22(16)18(23)13(14)10-26-19(20)24;1-3-9-5-2-6-11-12(9)10(4-1)7-8-13-11/h3-8,25H,2,9-10H2,1H3;2,5-8H,1,3-4H2/t20-;/m0./s1. The van der Waals surface area contributed by atoms with Crippen LogP contribution in [0.5, 0.6) is 0 Å². The zero-order chi connectivity index (χ0) is 26.7. The van der Waals surface area contributed by atoms with Crippen LogP contribution in [0.2, 0.25) is 0 Å². The number of aliphatic hydroxyl groups is 1. The Morgan fingerprint density at radius 2 is 1.77 bits per heavy atom. The van der Waals surface area contributed by atoms with Crippen LogP contribution in [-0.4, -0.2) is 25.6 Å². The lowest BCUT2D eigenvalue weighted by atomic mass is 9.86. The number of rotatable bonds is 1. The highest BCUT2D eigenvalue weighted by atomic mass is 16.6. The van der Waals surface area contributed by atoms with Gasteiger partial charge in [0.05, 0.1) is 34.5 Å². The lowest BCUT2D eigenvalue weighted by Crippen LogP contribution is -2.44. The van der Waals surface area contributed by atoms with Crippen molar-refractivity contribution in [1.29, 1.82) is 0 Å². The number of pyridine rings is 3. The van der Waals surface area contributed by atoms with E-state index in [1.165, 1.54) is 35.8 Å². The SMILES string of the molecule is CC[C@@]1(O)C(=O)OCc2c1cc1n(c2=O)Cc2cc3ccccc3nc2-1.c1cc2c3c(ccnc3c1)CCC2. The summed E-state index contributed by atoms with van der Waals surface area (Å²) in [7, 11) is 0. The van der Waals surface area contributed by atoms with Crippen molar-refractivity contribution in [3.05, 3.63) is 105 Å². The van der Waals surface area contributed by atoms with E-state index >= 15 is 0 Å². The van der Waals surface area contributed by atoms with Gasteiger partial charge in [-0.05, 0) is 67.1 Å². The maximum absolute atomic E-state index is 13.0. The molecule has 7 nitrogen and oxygen atoms in total. The Balaban J connectivity index is 0.000000162. The molecule has 5 aromatic rings. The fourth-order valence-electron chi connectivity index (χ4n) is 6.17. The molecular weight excluding hydrogens is 490 g/mol. The Kier molecular flexibility index (Phi) is 5.39. The second kappa shape index (κ2) is 8.85. The fourth-order valence-corrected chi connectivity index (χ4v) is 6.17. The average molecular weight is 518 g/mol. The van der Waals surface area contributed by atoms with Crippen molar-refractivity contribution >= 4 is 27.8 Å². The summed E-state index contributed by atoms with van der Waals surface area (Å²) < 4.78 is 6.72. The number of ether oxygens (including phenoxy) is 1. The average Bonchev–Trinajstić information content (AvgIpc) is 3.33. The molecule has 0 fully saturated rings. The molecule has 0 saturated carbocycles. The van der Waals surface area contributed by atoms with Crippen molar-refractivity contribution in [3.8, 4) is 11.4 Å². The topological polar surface area (TPSA) is 94.3 Å². The van der Waals surface area contributed by atoms with E-state index in [2.05, 4.69) is 29.2 Å². The Hall–Kier alpha value is -4.36. The predicted molar refractivity (Wildman–Crippen MR) is 148 cm³/mol. The molecule has 8 rings (SSSR count). The molecule has 194 valence electrons. The van der Waals surface area contributed by atoms with E-state index in [1.54, 1.807) is 17.6 Å². The Morgan fingerprint density at radius 1 is 0.974 bits per heavy atom. The summed E-state index contributed by atoms with van der Waals surface area (Å²) in [5.41, 5.74) is 5.93. The molecule has 3 aliphatic rings. The van der Waals surface area contributed by atoms with Crippen LogP contribution < -0.4 is 5.56 Å². The van der Waals surface area contributed by atoms with E-state index in [0.29, 0.717) is 23.4 Å². The summed E-state index contributed by atoms with van der Waals surface area (Å²) in [6.45, 7) is 2.01. The lowest BCUT2D eigenvalue weighted by Gasteiger charge is -2.31. The number of cyclic esters (lactones) is 1. The molecule has 3 aromatic heterocycles. The number of esters is 1. The minimum atomic E-state index is -1.79. The highest BCUT2D eigenvalue weighted by Crippen LogP contribution is 2.38. The predicted octanol–water partition coefficient (Wildman–Crippen LogP) is 4.80. The summed E-state index contributed by atoms with van der Waals surface area (Å²) >= 11 is 0. The van der Waals surface area contributed by atoms with Gasteiger partial charge in [-0.2, -0.15) is 0 Å². The molecule has 0 radical (unpaired) electrons. The third-order valence-electron chi connectivity index (χ3n) is 8.25. The number of hydrogen-bond acceptors (Lipinski definition) is 6. The van der Waals surface area contributed by atoms with Crippen molar-refractivity contribution in [2.24, 2.45) is 0 Å². The van der Waals surface area contributed by atoms with Gasteiger partial charge in [-0.25, -0.2) is 9.78 Å². The second-order valence-electron chi connectivity index (χ2n) is 10.4. The van der Waals surface area contributed by atoms with Crippen LogP contribution in [0.15, 0.2) is 71.7 Å². The van der Waals surface area contributed by atoms with E-state index in [1.807, 2.05) is 36.5 Å². The summed E-state index contributed by atoms with van der Waals surface area (Å²) in [5.74, 6) is -0.707. The van der Waals surface area contributed by atoms with Crippen molar-refractivity contribution in [2.45, 2.75) is 51.4 Å². The second-order valence-corrected chi connectivity index (χ2v) is 10.4. The number of hydrogen-bond donors (Lipinski definition) is 1. The largest absolute Gasteiger partial charge is 0.458 e. The van der Waals surface area contributed by atoms with E-state index in [4.69, 9.17) is 9.72 Å². The molecule has 0 unspecified atom stereocenters. The molecule has 0 spiro atoms. The van der Waals surface area contributed by atoms with Gasteiger partial charge in [0.25, 0.3) is 5.56 Å². The van der Waals surface area contributed by atoms with Crippen molar-refractivity contribution in [2.75, 3.05) is 0 Å². The summed E-state index contributed by atoms with van der Waals surface area (Å²) in [6, 6.07) is 20.2. The minimum Gasteiger partial charge on any atom is -0.458 e. The van der Waals surface area contributed by atoms with Crippen LogP contribution in [0, 0.1) is 0 Å². The molecule has 7 heteroatoms. The van der Waals surface area contributed by atoms with Gasteiger partial charge < -0.3 is 14.4 Å². The van der Waals surface area contributed by atoms with E-state index in [0.717, 1.165) is 27.7 Å².